The Morgan fingerprint density at radius 3 is 3.19 bits per heavy atom. The second-order valence-electron chi connectivity index (χ2n) is 5.29. The average Bonchev–Trinajstić information content (AvgIpc) is 2.87. The monoisotopic (exact) mass is 236 g/mol. The SMILES string of the molecule is NC1CCC(CN2CCc3sccc3C2)C1. The van der Waals surface area contributed by atoms with Crippen LogP contribution in [-0.4, -0.2) is 24.0 Å². The van der Waals surface area contributed by atoms with Crippen molar-refractivity contribution in [1.82, 2.24) is 4.90 Å². The van der Waals surface area contributed by atoms with Crippen LogP contribution < -0.4 is 5.73 Å². The number of hydrogen-bond acceptors (Lipinski definition) is 3. The summed E-state index contributed by atoms with van der Waals surface area (Å²) in [6.07, 6.45) is 5.08. The molecular weight excluding hydrogens is 216 g/mol. The number of thiophene rings is 1. The van der Waals surface area contributed by atoms with Gasteiger partial charge in [-0.1, -0.05) is 0 Å². The average molecular weight is 236 g/mol. The van der Waals surface area contributed by atoms with Crippen molar-refractivity contribution >= 4 is 11.3 Å². The van der Waals surface area contributed by atoms with Crippen LogP contribution in [0.3, 0.4) is 0 Å². The third kappa shape index (κ3) is 2.17. The molecule has 2 heterocycles. The maximum Gasteiger partial charge on any atom is 0.0245 e. The molecule has 2 unspecified atom stereocenters. The Hall–Kier alpha value is -0.380. The van der Waals surface area contributed by atoms with E-state index in [0.29, 0.717) is 6.04 Å². The molecule has 1 aromatic heterocycles. The molecule has 0 amide bonds. The summed E-state index contributed by atoms with van der Waals surface area (Å²) >= 11 is 1.92. The van der Waals surface area contributed by atoms with Gasteiger partial charge in [-0.05, 0) is 48.6 Å². The Labute approximate surface area is 101 Å². The van der Waals surface area contributed by atoms with E-state index in [1.807, 2.05) is 11.3 Å². The number of nitrogens with zero attached hydrogens (tertiary/aromatic N) is 1. The quantitative estimate of drug-likeness (QED) is 0.853. The smallest absolute Gasteiger partial charge is 0.0245 e. The van der Waals surface area contributed by atoms with Crippen molar-refractivity contribution in [3.05, 3.63) is 21.9 Å². The molecule has 2 aliphatic rings. The van der Waals surface area contributed by atoms with E-state index in [2.05, 4.69) is 16.3 Å². The zero-order valence-corrected chi connectivity index (χ0v) is 10.5. The zero-order valence-electron chi connectivity index (χ0n) is 9.69. The molecule has 0 bridgehead atoms. The summed E-state index contributed by atoms with van der Waals surface area (Å²) in [7, 11) is 0. The highest BCUT2D eigenvalue weighted by molar-refractivity contribution is 7.10. The maximum absolute atomic E-state index is 5.97. The lowest BCUT2D eigenvalue weighted by molar-refractivity contribution is 0.215. The van der Waals surface area contributed by atoms with E-state index in [-0.39, 0.29) is 0 Å². The fourth-order valence-electron chi connectivity index (χ4n) is 3.11. The standard InChI is InChI=1S/C13H20N2S/c14-12-2-1-10(7-12)8-15-5-3-13-11(9-15)4-6-16-13/h4,6,10,12H,1-3,5,7-9,14H2. The van der Waals surface area contributed by atoms with Crippen LogP contribution in [-0.2, 0) is 13.0 Å². The zero-order chi connectivity index (χ0) is 11.0. The van der Waals surface area contributed by atoms with Gasteiger partial charge in [0.15, 0.2) is 0 Å². The molecule has 2 N–H and O–H groups in total. The highest BCUT2D eigenvalue weighted by Crippen LogP contribution is 2.28. The number of fused-ring (bicyclic) bond motifs is 1. The van der Waals surface area contributed by atoms with Gasteiger partial charge in [-0.3, -0.25) is 4.90 Å². The molecule has 2 atom stereocenters. The minimum absolute atomic E-state index is 0.478. The van der Waals surface area contributed by atoms with Gasteiger partial charge in [0.25, 0.3) is 0 Å². The van der Waals surface area contributed by atoms with Crippen molar-refractivity contribution < 1.29 is 0 Å². The van der Waals surface area contributed by atoms with E-state index in [4.69, 9.17) is 5.73 Å². The van der Waals surface area contributed by atoms with Gasteiger partial charge in [0.05, 0.1) is 0 Å². The van der Waals surface area contributed by atoms with Gasteiger partial charge in [-0.25, -0.2) is 0 Å². The molecule has 16 heavy (non-hydrogen) atoms. The molecule has 3 rings (SSSR count). The first-order chi connectivity index (χ1) is 7.81. The second-order valence-corrected chi connectivity index (χ2v) is 6.29. The number of rotatable bonds is 2. The molecule has 1 aliphatic carbocycles. The van der Waals surface area contributed by atoms with Gasteiger partial charge < -0.3 is 5.73 Å². The van der Waals surface area contributed by atoms with Crippen LogP contribution >= 0.6 is 11.3 Å². The highest BCUT2D eigenvalue weighted by atomic mass is 32.1. The molecule has 1 aliphatic heterocycles. The van der Waals surface area contributed by atoms with E-state index in [0.717, 1.165) is 5.92 Å². The number of nitrogens with two attached hydrogens (primary N) is 1. The normalized spacial score (nSPS) is 30.6. The molecule has 0 radical (unpaired) electrons. The summed E-state index contributed by atoms with van der Waals surface area (Å²) in [5.74, 6) is 0.857. The van der Waals surface area contributed by atoms with E-state index >= 15 is 0 Å². The Kier molecular flexibility index (Phi) is 3.01. The first-order valence-corrected chi connectivity index (χ1v) is 7.22. The molecule has 3 heteroatoms. The minimum Gasteiger partial charge on any atom is -0.328 e. The van der Waals surface area contributed by atoms with Gasteiger partial charge >= 0.3 is 0 Å². The second kappa shape index (κ2) is 4.47. The molecule has 0 spiro atoms. The summed E-state index contributed by atoms with van der Waals surface area (Å²) in [6.45, 7) is 3.69. The molecule has 1 saturated carbocycles. The fourth-order valence-corrected chi connectivity index (χ4v) is 4.00. The summed E-state index contributed by atoms with van der Waals surface area (Å²) < 4.78 is 0. The van der Waals surface area contributed by atoms with Crippen molar-refractivity contribution in [2.24, 2.45) is 11.7 Å². The predicted octanol–water partition coefficient (Wildman–Crippen LogP) is 2.23. The topological polar surface area (TPSA) is 29.3 Å². The van der Waals surface area contributed by atoms with Crippen LogP contribution in [0.2, 0.25) is 0 Å². The van der Waals surface area contributed by atoms with Crippen molar-refractivity contribution in [3.63, 3.8) is 0 Å². The van der Waals surface area contributed by atoms with Crippen LogP contribution in [0.25, 0.3) is 0 Å². The Balaban J connectivity index is 1.58. The van der Waals surface area contributed by atoms with Crippen molar-refractivity contribution in [1.29, 1.82) is 0 Å². The van der Waals surface area contributed by atoms with Gasteiger partial charge in [-0.15, -0.1) is 11.3 Å². The van der Waals surface area contributed by atoms with Gasteiger partial charge in [0, 0.05) is 30.6 Å². The van der Waals surface area contributed by atoms with Crippen LogP contribution in [0.4, 0.5) is 0 Å². The molecule has 2 nitrogen and oxygen atoms in total. The largest absolute Gasteiger partial charge is 0.328 e. The van der Waals surface area contributed by atoms with Gasteiger partial charge in [-0.2, -0.15) is 0 Å². The summed E-state index contributed by atoms with van der Waals surface area (Å²) in [5, 5.41) is 2.24. The Bertz CT molecular complexity index is 361. The minimum atomic E-state index is 0.478. The van der Waals surface area contributed by atoms with Crippen molar-refractivity contribution in [2.45, 2.75) is 38.3 Å². The summed E-state index contributed by atoms with van der Waals surface area (Å²) in [6, 6.07) is 2.78. The van der Waals surface area contributed by atoms with Crippen LogP contribution in [0.1, 0.15) is 29.7 Å². The molecular formula is C13H20N2S. The maximum atomic E-state index is 5.97. The molecule has 88 valence electrons. The van der Waals surface area contributed by atoms with Crippen LogP contribution in [0.5, 0.6) is 0 Å². The fraction of sp³-hybridized carbons (Fsp3) is 0.692. The van der Waals surface area contributed by atoms with E-state index in [9.17, 15) is 0 Å². The first kappa shape index (κ1) is 10.8. The van der Waals surface area contributed by atoms with E-state index < -0.39 is 0 Å². The van der Waals surface area contributed by atoms with Gasteiger partial charge in [0.1, 0.15) is 0 Å². The lowest BCUT2D eigenvalue weighted by atomic mass is 10.0. The highest BCUT2D eigenvalue weighted by Gasteiger charge is 2.25. The van der Waals surface area contributed by atoms with Crippen molar-refractivity contribution in [3.8, 4) is 0 Å². The molecule has 0 saturated heterocycles. The van der Waals surface area contributed by atoms with Gasteiger partial charge in [0.2, 0.25) is 0 Å². The third-order valence-electron chi connectivity index (χ3n) is 3.98. The van der Waals surface area contributed by atoms with E-state index in [1.54, 1.807) is 10.4 Å². The lowest BCUT2D eigenvalue weighted by Crippen LogP contribution is -2.33. The van der Waals surface area contributed by atoms with Crippen molar-refractivity contribution in [2.75, 3.05) is 13.1 Å². The van der Waals surface area contributed by atoms with E-state index in [1.165, 1.54) is 45.3 Å². The summed E-state index contributed by atoms with van der Waals surface area (Å²) in [5.41, 5.74) is 7.54. The van der Waals surface area contributed by atoms with Crippen LogP contribution in [0.15, 0.2) is 11.4 Å². The third-order valence-corrected chi connectivity index (χ3v) is 5.01. The lowest BCUT2D eigenvalue weighted by Gasteiger charge is -2.29. The first-order valence-electron chi connectivity index (χ1n) is 6.34. The molecule has 0 aromatic carbocycles. The predicted molar refractivity (Wildman–Crippen MR) is 68.6 cm³/mol. The Morgan fingerprint density at radius 1 is 1.44 bits per heavy atom. The number of hydrogen-bond donors (Lipinski definition) is 1. The van der Waals surface area contributed by atoms with Crippen LogP contribution in [0, 0.1) is 5.92 Å². The molecule has 1 aromatic rings. The Morgan fingerprint density at radius 2 is 2.38 bits per heavy atom. The molecule has 1 fully saturated rings. The summed E-state index contributed by atoms with van der Waals surface area (Å²) in [4.78, 5) is 4.23.